The number of H-pyrrole nitrogens is 1. The van der Waals surface area contributed by atoms with Crippen LogP contribution in [-0.4, -0.2) is 22.8 Å². The van der Waals surface area contributed by atoms with Crippen LogP contribution >= 0.6 is 0 Å². The second-order valence-electron chi connectivity index (χ2n) is 7.50. The molecule has 156 valence electrons. The molecule has 0 aliphatic carbocycles. The van der Waals surface area contributed by atoms with Crippen molar-refractivity contribution in [2.24, 2.45) is 0 Å². The molecule has 0 bridgehead atoms. The number of rotatable bonds is 7. The highest BCUT2D eigenvalue weighted by Gasteiger charge is 2.28. The minimum absolute atomic E-state index is 0.0362. The Bertz CT molecular complexity index is 1190. The molecule has 1 unspecified atom stereocenters. The minimum Gasteiger partial charge on any atom is -0.491 e. The van der Waals surface area contributed by atoms with E-state index < -0.39 is 12.1 Å². The summed E-state index contributed by atoms with van der Waals surface area (Å²) in [5, 5.41) is 0.791. The van der Waals surface area contributed by atoms with Gasteiger partial charge in [0.2, 0.25) is 5.78 Å². The molecule has 0 saturated carbocycles. The van der Waals surface area contributed by atoms with Gasteiger partial charge < -0.3 is 14.5 Å². The van der Waals surface area contributed by atoms with Crippen LogP contribution in [0.25, 0.3) is 10.9 Å². The SMILES string of the molecule is CC(C)Oc1ccc(C(=O)OC(C(=O)c2c[nH]c3ccccc23)c2ccccc2)cc1. The monoisotopic (exact) mass is 413 g/mol. The summed E-state index contributed by atoms with van der Waals surface area (Å²) in [5.74, 6) is -0.184. The number of ether oxygens (including phenoxy) is 2. The molecule has 1 atom stereocenters. The first kappa shape index (κ1) is 20.4. The molecule has 5 nitrogen and oxygen atoms in total. The molecule has 0 amide bonds. The van der Waals surface area contributed by atoms with Gasteiger partial charge in [0.15, 0.2) is 6.10 Å². The van der Waals surface area contributed by atoms with E-state index in [1.807, 2.05) is 56.3 Å². The van der Waals surface area contributed by atoms with Gasteiger partial charge in [0.25, 0.3) is 0 Å². The van der Waals surface area contributed by atoms with Gasteiger partial charge in [-0.3, -0.25) is 4.79 Å². The molecule has 0 aliphatic rings. The predicted molar refractivity (Wildman–Crippen MR) is 119 cm³/mol. The van der Waals surface area contributed by atoms with Crippen LogP contribution in [-0.2, 0) is 4.74 Å². The number of para-hydroxylation sites is 1. The predicted octanol–water partition coefficient (Wildman–Crippen LogP) is 5.74. The van der Waals surface area contributed by atoms with E-state index in [2.05, 4.69) is 4.98 Å². The fraction of sp³-hybridized carbons (Fsp3) is 0.154. The summed E-state index contributed by atoms with van der Waals surface area (Å²) in [4.78, 5) is 29.4. The number of nitrogens with one attached hydrogen (secondary N) is 1. The summed E-state index contributed by atoms with van der Waals surface area (Å²) in [6.07, 6.45) is 0.642. The van der Waals surface area contributed by atoms with Crippen molar-refractivity contribution in [1.29, 1.82) is 0 Å². The van der Waals surface area contributed by atoms with Crippen LogP contribution < -0.4 is 4.74 Å². The van der Waals surface area contributed by atoms with Crippen molar-refractivity contribution in [3.05, 3.63) is 102 Å². The number of hydrogen-bond acceptors (Lipinski definition) is 4. The molecule has 0 saturated heterocycles. The highest BCUT2D eigenvalue weighted by Crippen LogP contribution is 2.28. The van der Waals surface area contributed by atoms with E-state index >= 15 is 0 Å². The van der Waals surface area contributed by atoms with E-state index in [-0.39, 0.29) is 11.9 Å². The van der Waals surface area contributed by atoms with Gasteiger partial charge in [-0.15, -0.1) is 0 Å². The quantitative estimate of drug-likeness (QED) is 0.310. The third-order valence-corrected chi connectivity index (χ3v) is 4.88. The first-order valence-electron chi connectivity index (χ1n) is 10.2. The molecule has 0 spiro atoms. The van der Waals surface area contributed by atoms with Gasteiger partial charge >= 0.3 is 5.97 Å². The summed E-state index contributed by atoms with van der Waals surface area (Å²) in [6, 6.07) is 23.3. The number of carbonyl (C=O) groups excluding carboxylic acids is 2. The van der Waals surface area contributed by atoms with Crippen molar-refractivity contribution in [3.8, 4) is 5.75 Å². The van der Waals surface area contributed by atoms with Crippen molar-refractivity contribution < 1.29 is 19.1 Å². The second kappa shape index (κ2) is 8.88. The van der Waals surface area contributed by atoms with Gasteiger partial charge in [-0.05, 0) is 44.2 Å². The molecule has 1 heterocycles. The summed E-state index contributed by atoms with van der Waals surface area (Å²) >= 11 is 0. The lowest BCUT2D eigenvalue weighted by atomic mass is 9.99. The van der Waals surface area contributed by atoms with Crippen LogP contribution in [0.1, 0.15) is 46.2 Å². The molecule has 4 rings (SSSR count). The highest BCUT2D eigenvalue weighted by molar-refractivity contribution is 6.11. The van der Waals surface area contributed by atoms with Gasteiger partial charge in [0.1, 0.15) is 5.75 Å². The van der Waals surface area contributed by atoms with Gasteiger partial charge in [-0.25, -0.2) is 4.79 Å². The van der Waals surface area contributed by atoms with Crippen LogP contribution in [0, 0.1) is 0 Å². The van der Waals surface area contributed by atoms with Crippen LogP contribution in [0.4, 0.5) is 0 Å². The van der Waals surface area contributed by atoms with Gasteiger partial charge in [-0.1, -0.05) is 48.5 Å². The standard InChI is InChI=1S/C26H23NO4/c1-17(2)30-20-14-12-19(13-15-20)26(29)31-25(18-8-4-3-5-9-18)24(28)22-16-27-23-11-7-6-10-21(22)23/h3-17,25,27H,1-2H3. The fourth-order valence-electron chi connectivity index (χ4n) is 3.43. The summed E-state index contributed by atoms with van der Waals surface area (Å²) in [6.45, 7) is 3.87. The molecular formula is C26H23NO4. The van der Waals surface area contributed by atoms with E-state index in [1.54, 1.807) is 42.6 Å². The molecule has 5 heteroatoms. The van der Waals surface area contributed by atoms with Crippen LogP contribution in [0.5, 0.6) is 5.75 Å². The van der Waals surface area contributed by atoms with Crippen LogP contribution in [0.3, 0.4) is 0 Å². The van der Waals surface area contributed by atoms with Gasteiger partial charge in [0, 0.05) is 28.2 Å². The molecule has 3 aromatic carbocycles. The Hall–Kier alpha value is -3.86. The topological polar surface area (TPSA) is 68.4 Å². The third-order valence-electron chi connectivity index (χ3n) is 4.88. The average Bonchev–Trinajstić information content (AvgIpc) is 3.22. The Balaban J connectivity index is 1.63. The Morgan fingerprint density at radius 3 is 2.23 bits per heavy atom. The van der Waals surface area contributed by atoms with E-state index in [9.17, 15) is 9.59 Å². The minimum atomic E-state index is -1.06. The average molecular weight is 413 g/mol. The van der Waals surface area contributed by atoms with Gasteiger partial charge in [-0.2, -0.15) is 0 Å². The maximum absolute atomic E-state index is 13.4. The van der Waals surface area contributed by atoms with Crippen LogP contribution in [0.15, 0.2) is 85.1 Å². The number of carbonyl (C=O) groups is 2. The number of Topliss-reactive ketones (excluding diaryl/α,β-unsaturated/α-hetero) is 1. The molecule has 0 fully saturated rings. The lowest BCUT2D eigenvalue weighted by Gasteiger charge is -2.17. The number of benzene rings is 3. The summed E-state index contributed by atoms with van der Waals surface area (Å²) in [5.41, 5.74) is 2.30. The lowest BCUT2D eigenvalue weighted by molar-refractivity contribution is 0.0280. The number of hydrogen-bond donors (Lipinski definition) is 1. The van der Waals surface area contributed by atoms with Crippen LogP contribution in [0.2, 0.25) is 0 Å². The molecule has 0 radical (unpaired) electrons. The first-order chi connectivity index (χ1) is 15.0. The molecule has 0 aliphatic heterocycles. The Kier molecular flexibility index (Phi) is 5.85. The van der Waals surface area contributed by atoms with Crippen molar-refractivity contribution in [2.75, 3.05) is 0 Å². The van der Waals surface area contributed by atoms with Crippen molar-refractivity contribution >= 4 is 22.7 Å². The van der Waals surface area contributed by atoms with E-state index in [1.165, 1.54) is 0 Å². The van der Waals surface area contributed by atoms with Crippen molar-refractivity contribution in [2.45, 2.75) is 26.1 Å². The summed E-state index contributed by atoms with van der Waals surface area (Å²) in [7, 11) is 0. The number of aromatic nitrogens is 1. The number of esters is 1. The highest BCUT2D eigenvalue weighted by atomic mass is 16.5. The van der Waals surface area contributed by atoms with Gasteiger partial charge in [0.05, 0.1) is 11.7 Å². The van der Waals surface area contributed by atoms with Crippen molar-refractivity contribution in [3.63, 3.8) is 0 Å². The zero-order valence-electron chi connectivity index (χ0n) is 17.4. The maximum Gasteiger partial charge on any atom is 0.339 e. The molecule has 1 aromatic heterocycles. The normalized spacial score (nSPS) is 12.0. The van der Waals surface area contributed by atoms with E-state index in [0.29, 0.717) is 22.4 Å². The number of fused-ring (bicyclic) bond motifs is 1. The first-order valence-corrected chi connectivity index (χ1v) is 10.2. The molecule has 4 aromatic rings. The number of ketones is 1. The Labute approximate surface area is 180 Å². The third kappa shape index (κ3) is 4.51. The number of aromatic amines is 1. The van der Waals surface area contributed by atoms with Crippen molar-refractivity contribution in [1.82, 2.24) is 4.98 Å². The largest absolute Gasteiger partial charge is 0.491 e. The maximum atomic E-state index is 13.4. The Morgan fingerprint density at radius 1 is 0.839 bits per heavy atom. The lowest BCUT2D eigenvalue weighted by Crippen LogP contribution is -2.20. The fourth-order valence-corrected chi connectivity index (χ4v) is 3.43. The molecule has 1 N–H and O–H groups in total. The molecule has 31 heavy (non-hydrogen) atoms. The van der Waals surface area contributed by atoms with E-state index in [4.69, 9.17) is 9.47 Å². The zero-order valence-corrected chi connectivity index (χ0v) is 17.4. The van der Waals surface area contributed by atoms with E-state index in [0.717, 1.165) is 10.9 Å². The zero-order chi connectivity index (χ0) is 21.8. The molecular weight excluding hydrogens is 390 g/mol. The second-order valence-corrected chi connectivity index (χ2v) is 7.50. The smallest absolute Gasteiger partial charge is 0.339 e. The Morgan fingerprint density at radius 2 is 1.52 bits per heavy atom. The summed E-state index contributed by atoms with van der Waals surface area (Å²) < 4.78 is 11.4.